The molecule has 1 amide bonds. The van der Waals surface area contributed by atoms with Crippen molar-refractivity contribution in [1.82, 2.24) is 14.7 Å². The average molecular weight is 289 g/mol. The van der Waals surface area contributed by atoms with Gasteiger partial charge in [0, 0.05) is 50.9 Å². The number of fused-ring (bicyclic) bond motifs is 1. The van der Waals surface area contributed by atoms with Crippen LogP contribution in [-0.4, -0.2) is 78.1 Å². The lowest BCUT2D eigenvalue weighted by molar-refractivity contribution is -0.134. The fraction of sp³-hybridized carbons (Fsp3) is 0.562. The van der Waals surface area contributed by atoms with E-state index in [9.17, 15) is 9.90 Å². The standard InChI is InChI=1S/C16H23N3O2/c1-17-6-7-18-8-9-19(12-14(18)11-17)16(21)10-13-4-2-3-5-15(13)20/h2-5,14,20H,6-12H2,1H3/t14-/m0/s1. The Balaban J connectivity index is 1.62. The molecule has 3 rings (SSSR count). The number of hydrogen-bond acceptors (Lipinski definition) is 4. The monoisotopic (exact) mass is 289 g/mol. The Morgan fingerprint density at radius 2 is 1.95 bits per heavy atom. The summed E-state index contributed by atoms with van der Waals surface area (Å²) in [5, 5.41) is 9.79. The van der Waals surface area contributed by atoms with Gasteiger partial charge in [-0.3, -0.25) is 9.69 Å². The first-order chi connectivity index (χ1) is 10.1. The first kappa shape index (κ1) is 14.4. The summed E-state index contributed by atoms with van der Waals surface area (Å²) >= 11 is 0. The van der Waals surface area contributed by atoms with Crippen molar-refractivity contribution in [1.29, 1.82) is 0 Å². The summed E-state index contributed by atoms with van der Waals surface area (Å²) in [6, 6.07) is 7.54. The third-order valence-electron chi connectivity index (χ3n) is 4.58. The minimum absolute atomic E-state index is 0.115. The maximum Gasteiger partial charge on any atom is 0.227 e. The number of carbonyl (C=O) groups excluding carboxylic acids is 1. The van der Waals surface area contributed by atoms with Crippen molar-refractivity contribution in [3.63, 3.8) is 0 Å². The third-order valence-corrected chi connectivity index (χ3v) is 4.58. The Morgan fingerprint density at radius 1 is 1.19 bits per heavy atom. The zero-order valence-corrected chi connectivity index (χ0v) is 12.5. The molecule has 21 heavy (non-hydrogen) atoms. The molecule has 1 aromatic rings. The molecule has 0 unspecified atom stereocenters. The lowest BCUT2D eigenvalue weighted by Gasteiger charge is -2.46. The van der Waals surface area contributed by atoms with Crippen molar-refractivity contribution < 1.29 is 9.90 Å². The second-order valence-corrected chi connectivity index (χ2v) is 6.10. The summed E-state index contributed by atoms with van der Waals surface area (Å²) in [5.74, 6) is 0.325. The summed E-state index contributed by atoms with van der Waals surface area (Å²) in [5.41, 5.74) is 0.714. The lowest BCUT2D eigenvalue weighted by atomic mass is 10.1. The molecule has 0 spiro atoms. The molecular weight excluding hydrogens is 266 g/mol. The molecule has 2 saturated heterocycles. The number of rotatable bonds is 2. The number of benzene rings is 1. The predicted octanol–water partition coefficient (Wildman–Crippen LogP) is 0.393. The topological polar surface area (TPSA) is 47.0 Å². The zero-order chi connectivity index (χ0) is 14.8. The van der Waals surface area contributed by atoms with Gasteiger partial charge in [0.2, 0.25) is 5.91 Å². The van der Waals surface area contributed by atoms with Gasteiger partial charge in [0.15, 0.2) is 0 Å². The fourth-order valence-electron chi connectivity index (χ4n) is 3.27. The van der Waals surface area contributed by atoms with Crippen LogP contribution in [0.15, 0.2) is 24.3 Å². The molecule has 1 N–H and O–H groups in total. The Bertz CT molecular complexity index is 520. The SMILES string of the molecule is CN1CCN2CCN(C(=O)Cc3ccccc3O)C[C@@H]2C1. The van der Waals surface area contributed by atoms with Crippen molar-refractivity contribution >= 4 is 5.91 Å². The number of phenols is 1. The smallest absolute Gasteiger partial charge is 0.227 e. The molecule has 0 radical (unpaired) electrons. The van der Waals surface area contributed by atoms with E-state index in [1.54, 1.807) is 12.1 Å². The van der Waals surface area contributed by atoms with Crippen LogP contribution in [-0.2, 0) is 11.2 Å². The summed E-state index contributed by atoms with van der Waals surface area (Å²) in [7, 11) is 2.14. The summed E-state index contributed by atoms with van der Waals surface area (Å²) in [4.78, 5) is 19.2. The summed E-state index contributed by atoms with van der Waals surface area (Å²) < 4.78 is 0. The van der Waals surface area contributed by atoms with Crippen molar-refractivity contribution in [2.45, 2.75) is 12.5 Å². The molecule has 2 heterocycles. The molecule has 114 valence electrons. The molecular formula is C16H23N3O2. The van der Waals surface area contributed by atoms with Gasteiger partial charge in [0.1, 0.15) is 5.75 Å². The molecule has 0 aromatic heterocycles. The second kappa shape index (κ2) is 6.03. The summed E-state index contributed by atoms with van der Waals surface area (Å²) in [6.45, 7) is 5.81. The van der Waals surface area contributed by atoms with Gasteiger partial charge in [-0.25, -0.2) is 0 Å². The van der Waals surface area contributed by atoms with E-state index in [0.29, 0.717) is 11.6 Å². The average Bonchev–Trinajstić information content (AvgIpc) is 2.48. The first-order valence-corrected chi connectivity index (χ1v) is 7.61. The Kier molecular flexibility index (Phi) is 4.12. The molecule has 2 aliphatic rings. The molecule has 1 atom stereocenters. The first-order valence-electron chi connectivity index (χ1n) is 7.61. The largest absolute Gasteiger partial charge is 0.508 e. The minimum atomic E-state index is 0.115. The molecule has 0 saturated carbocycles. The number of phenolic OH excluding ortho intramolecular Hbond substituents is 1. The minimum Gasteiger partial charge on any atom is -0.508 e. The van der Waals surface area contributed by atoms with Crippen LogP contribution < -0.4 is 0 Å². The number of likely N-dealkylation sites (N-methyl/N-ethyl adjacent to an activating group) is 1. The highest BCUT2D eigenvalue weighted by Gasteiger charge is 2.32. The quantitative estimate of drug-likeness (QED) is 0.856. The van der Waals surface area contributed by atoms with E-state index in [1.807, 2.05) is 17.0 Å². The van der Waals surface area contributed by atoms with Crippen molar-refractivity contribution in [2.75, 3.05) is 46.3 Å². The van der Waals surface area contributed by atoms with Crippen LogP contribution in [0.1, 0.15) is 5.56 Å². The highest BCUT2D eigenvalue weighted by atomic mass is 16.3. The van der Waals surface area contributed by atoms with Gasteiger partial charge in [-0.2, -0.15) is 0 Å². The van der Waals surface area contributed by atoms with E-state index < -0.39 is 0 Å². The number of hydrogen-bond donors (Lipinski definition) is 1. The third kappa shape index (κ3) is 3.19. The Morgan fingerprint density at radius 3 is 2.76 bits per heavy atom. The number of amides is 1. The van der Waals surface area contributed by atoms with Gasteiger partial charge in [-0.05, 0) is 13.1 Å². The predicted molar refractivity (Wildman–Crippen MR) is 81.2 cm³/mol. The number of para-hydroxylation sites is 1. The molecule has 5 heteroatoms. The van der Waals surface area contributed by atoms with Crippen molar-refractivity contribution in [3.8, 4) is 5.75 Å². The van der Waals surface area contributed by atoms with Gasteiger partial charge in [0.05, 0.1) is 6.42 Å². The van der Waals surface area contributed by atoms with E-state index in [1.165, 1.54) is 0 Å². The van der Waals surface area contributed by atoms with E-state index in [-0.39, 0.29) is 18.1 Å². The second-order valence-electron chi connectivity index (χ2n) is 6.10. The fourth-order valence-corrected chi connectivity index (χ4v) is 3.27. The van der Waals surface area contributed by atoms with Crippen LogP contribution in [0.25, 0.3) is 0 Å². The van der Waals surface area contributed by atoms with Gasteiger partial charge in [-0.15, -0.1) is 0 Å². The number of carbonyl (C=O) groups is 1. The molecule has 0 bridgehead atoms. The van der Waals surface area contributed by atoms with Crippen LogP contribution in [0.3, 0.4) is 0 Å². The molecule has 2 aliphatic heterocycles. The molecule has 1 aromatic carbocycles. The van der Waals surface area contributed by atoms with Crippen LogP contribution in [0, 0.1) is 0 Å². The number of piperazine rings is 2. The maximum atomic E-state index is 12.5. The lowest BCUT2D eigenvalue weighted by Crippen LogP contribution is -2.62. The van der Waals surface area contributed by atoms with Gasteiger partial charge < -0.3 is 14.9 Å². The van der Waals surface area contributed by atoms with Crippen molar-refractivity contribution in [2.24, 2.45) is 0 Å². The van der Waals surface area contributed by atoms with E-state index in [4.69, 9.17) is 0 Å². The van der Waals surface area contributed by atoms with Gasteiger partial charge in [-0.1, -0.05) is 18.2 Å². The molecule has 0 aliphatic carbocycles. The number of aromatic hydroxyl groups is 1. The van der Waals surface area contributed by atoms with E-state index >= 15 is 0 Å². The zero-order valence-electron chi connectivity index (χ0n) is 12.5. The molecule has 5 nitrogen and oxygen atoms in total. The van der Waals surface area contributed by atoms with Gasteiger partial charge >= 0.3 is 0 Å². The van der Waals surface area contributed by atoms with Crippen LogP contribution in [0.4, 0.5) is 0 Å². The highest BCUT2D eigenvalue weighted by Crippen LogP contribution is 2.19. The number of nitrogens with zero attached hydrogens (tertiary/aromatic N) is 3. The maximum absolute atomic E-state index is 12.5. The van der Waals surface area contributed by atoms with E-state index in [0.717, 1.165) is 39.3 Å². The van der Waals surface area contributed by atoms with Crippen LogP contribution in [0.2, 0.25) is 0 Å². The van der Waals surface area contributed by atoms with Crippen LogP contribution >= 0.6 is 0 Å². The Labute approximate surface area is 125 Å². The molecule has 2 fully saturated rings. The van der Waals surface area contributed by atoms with Gasteiger partial charge in [0.25, 0.3) is 0 Å². The van der Waals surface area contributed by atoms with E-state index in [2.05, 4.69) is 16.8 Å². The van der Waals surface area contributed by atoms with Crippen LogP contribution in [0.5, 0.6) is 5.75 Å². The highest BCUT2D eigenvalue weighted by molar-refractivity contribution is 5.79. The normalized spacial score (nSPS) is 23.9. The summed E-state index contributed by atoms with van der Waals surface area (Å²) in [6.07, 6.45) is 0.287. The Hall–Kier alpha value is -1.59. The van der Waals surface area contributed by atoms with Crippen molar-refractivity contribution in [3.05, 3.63) is 29.8 Å².